The Morgan fingerprint density at radius 2 is 1.93 bits per heavy atom. The average Bonchev–Trinajstić information content (AvgIpc) is 2.91. The lowest BCUT2D eigenvalue weighted by atomic mass is 9.72. The van der Waals surface area contributed by atoms with Crippen LogP contribution in [0.3, 0.4) is 0 Å². The van der Waals surface area contributed by atoms with E-state index in [9.17, 15) is 9.90 Å². The number of rotatable bonds is 2. The number of fused-ring (bicyclic) bond motifs is 2. The fraction of sp³-hybridized carbons (Fsp3) is 0.864. The predicted octanol–water partition coefficient (Wildman–Crippen LogP) is 3.22. The Morgan fingerprint density at radius 3 is 2.50 bits per heavy atom. The van der Waals surface area contributed by atoms with Gasteiger partial charge in [0.1, 0.15) is 11.7 Å². The number of methoxy groups -OCH3 is 1. The fourth-order valence-corrected chi connectivity index (χ4v) is 5.51. The van der Waals surface area contributed by atoms with Gasteiger partial charge in [0.05, 0.1) is 23.7 Å². The minimum absolute atomic E-state index is 0.0301. The van der Waals surface area contributed by atoms with Crippen molar-refractivity contribution in [1.82, 2.24) is 0 Å². The summed E-state index contributed by atoms with van der Waals surface area (Å²) >= 11 is 0. The Labute approximate surface area is 168 Å². The van der Waals surface area contributed by atoms with Crippen molar-refractivity contribution in [3.63, 3.8) is 0 Å². The van der Waals surface area contributed by atoms with Crippen LogP contribution in [0.4, 0.5) is 0 Å². The molecular weight excluding hydrogens is 360 g/mol. The molecule has 0 aromatic carbocycles. The van der Waals surface area contributed by atoms with Crippen LogP contribution < -0.4 is 0 Å². The summed E-state index contributed by atoms with van der Waals surface area (Å²) < 4.78 is 25.1. The van der Waals surface area contributed by atoms with Crippen LogP contribution in [0.25, 0.3) is 0 Å². The highest BCUT2D eigenvalue weighted by molar-refractivity contribution is 5.73. The quantitative estimate of drug-likeness (QED) is 0.571. The Kier molecular flexibility index (Phi) is 5.50. The summed E-state index contributed by atoms with van der Waals surface area (Å²) in [5.74, 6) is -2.32. The van der Waals surface area contributed by atoms with Crippen molar-refractivity contribution in [2.24, 2.45) is 17.8 Å². The van der Waals surface area contributed by atoms with Gasteiger partial charge < -0.3 is 24.1 Å². The van der Waals surface area contributed by atoms with E-state index in [4.69, 9.17) is 18.9 Å². The first-order valence-electron chi connectivity index (χ1n) is 10.5. The molecule has 0 aliphatic carbocycles. The summed E-state index contributed by atoms with van der Waals surface area (Å²) in [5, 5.41) is 11.0. The van der Waals surface area contributed by atoms with E-state index in [1.807, 2.05) is 40.7 Å². The average molecular weight is 397 g/mol. The van der Waals surface area contributed by atoms with E-state index in [2.05, 4.69) is 6.92 Å². The summed E-state index contributed by atoms with van der Waals surface area (Å²) in [5.41, 5.74) is -0.405. The number of cyclic esters (lactones) is 1. The molecule has 2 saturated heterocycles. The first-order valence-corrected chi connectivity index (χ1v) is 10.5. The van der Waals surface area contributed by atoms with E-state index >= 15 is 0 Å². The molecule has 2 fully saturated rings. The zero-order valence-corrected chi connectivity index (χ0v) is 18.4. The van der Waals surface area contributed by atoms with Crippen molar-refractivity contribution in [1.29, 1.82) is 0 Å². The number of carbonyl (C=O) groups excluding carboxylic acids is 1. The third kappa shape index (κ3) is 3.04. The van der Waals surface area contributed by atoms with Gasteiger partial charge in [-0.15, -0.1) is 0 Å². The highest BCUT2D eigenvalue weighted by Gasteiger charge is 2.62. The zero-order valence-electron chi connectivity index (χ0n) is 18.4. The van der Waals surface area contributed by atoms with Gasteiger partial charge in [-0.25, -0.2) is 0 Å². The molecule has 0 aromatic rings. The van der Waals surface area contributed by atoms with Crippen LogP contribution in [0, 0.1) is 17.8 Å². The third-order valence-electron chi connectivity index (χ3n) is 7.32. The van der Waals surface area contributed by atoms with Gasteiger partial charge in [0.2, 0.25) is 0 Å². The molecule has 0 unspecified atom stereocenters. The lowest BCUT2D eigenvalue weighted by Crippen LogP contribution is -2.63. The largest absolute Gasteiger partial charge is 0.459 e. The van der Waals surface area contributed by atoms with E-state index in [1.54, 1.807) is 14.0 Å². The van der Waals surface area contributed by atoms with Crippen molar-refractivity contribution in [3.05, 3.63) is 11.6 Å². The minimum atomic E-state index is -0.918. The monoisotopic (exact) mass is 396 g/mol. The minimum Gasteiger partial charge on any atom is -0.459 e. The Balaban J connectivity index is 2.15. The normalized spacial score (nSPS) is 51.9. The standard InChI is InChI=1S/C22H36O6/c1-9-16-20(6)10-12(2)22(28-20)13(3)11-21(7,25-8)18(27-22)14(4)17(23)15(5)19(24)26-16/h10,13-18,23H,9,11H2,1-8H3/t13-,14-,15+,16+,17-,18+,20-,21+,22-/m0/s1. The van der Waals surface area contributed by atoms with Crippen molar-refractivity contribution in [2.45, 2.75) is 96.6 Å². The number of ether oxygens (including phenoxy) is 4. The third-order valence-corrected chi connectivity index (χ3v) is 7.32. The van der Waals surface area contributed by atoms with E-state index < -0.39 is 47.2 Å². The van der Waals surface area contributed by atoms with E-state index in [1.165, 1.54) is 0 Å². The number of aliphatic hydroxyl groups excluding tert-OH is 1. The lowest BCUT2D eigenvalue weighted by molar-refractivity contribution is -0.352. The molecule has 3 aliphatic rings. The van der Waals surface area contributed by atoms with Gasteiger partial charge >= 0.3 is 5.97 Å². The van der Waals surface area contributed by atoms with Gasteiger partial charge in [0.25, 0.3) is 0 Å². The van der Waals surface area contributed by atoms with Crippen LogP contribution in [0.15, 0.2) is 11.6 Å². The Hall–Kier alpha value is -0.950. The molecule has 3 heterocycles. The van der Waals surface area contributed by atoms with Gasteiger partial charge in [0.15, 0.2) is 5.79 Å². The van der Waals surface area contributed by atoms with Crippen LogP contribution in [0.5, 0.6) is 0 Å². The second-order valence-corrected chi connectivity index (χ2v) is 9.41. The zero-order chi connectivity index (χ0) is 21.1. The van der Waals surface area contributed by atoms with Crippen molar-refractivity contribution < 1.29 is 28.8 Å². The molecule has 1 N–H and O–H groups in total. The topological polar surface area (TPSA) is 74.2 Å². The van der Waals surface area contributed by atoms with Crippen molar-refractivity contribution in [2.75, 3.05) is 7.11 Å². The summed E-state index contributed by atoms with van der Waals surface area (Å²) in [6, 6.07) is 0. The summed E-state index contributed by atoms with van der Waals surface area (Å²) in [7, 11) is 1.67. The molecule has 1 spiro atoms. The molecule has 28 heavy (non-hydrogen) atoms. The molecular formula is C22H36O6. The summed E-state index contributed by atoms with van der Waals surface area (Å²) in [6.45, 7) is 13.7. The van der Waals surface area contributed by atoms with Gasteiger partial charge in [0, 0.05) is 18.9 Å². The maximum atomic E-state index is 12.8. The van der Waals surface area contributed by atoms with E-state index in [0.29, 0.717) is 12.8 Å². The van der Waals surface area contributed by atoms with Gasteiger partial charge in [-0.2, -0.15) is 0 Å². The van der Waals surface area contributed by atoms with Crippen molar-refractivity contribution >= 4 is 5.97 Å². The molecule has 9 atom stereocenters. The fourth-order valence-electron chi connectivity index (χ4n) is 5.51. The highest BCUT2D eigenvalue weighted by Crippen LogP contribution is 2.54. The molecule has 0 amide bonds. The maximum absolute atomic E-state index is 12.8. The molecule has 3 bridgehead atoms. The van der Waals surface area contributed by atoms with Crippen LogP contribution in [-0.4, -0.2) is 53.5 Å². The van der Waals surface area contributed by atoms with E-state index in [0.717, 1.165) is 5.57 Å². The molecule has 0 saturated carbocycles. The van der Waals surface area contributed by atoms with Crippen LogP contribution in [0.1, 0.15) is 61.3 Å². The first-order chi connectivity index (χ1) is 12.9. The van der Waals surface area contributed by atoms with Gasteiger partial charge in [-0.05, 0) is 52.2 Å². The number of hydrogen-bond acceptors (Lipinski definition) is 6. The number of hydrogen-bond donors (Lipinski definition) is 1. The Morgan fingerprint density at radius 1 is 1.29 bits per heavy atom. The summed E-state index contributed by atoms with van der Waals surface area (Å²) in [6.07, 6.45) is 1.56. The van der Waals surface area contributed by atoms with Crippen LogP contribution in [0.2, 0.25) is 0 Å². The SMILES string of the molecule is CC[C@H]1OC(=O)[C@H](C)[C@@H](O)[C@H](C)[C@H]2O[C@@]3(O[C@@]1(C)C=C3C)[C@@H](C)C[C@@]2(C)OC. The second kappa shape index (κ2) is 7.08. The van der Waals surface area contributed by atoms with Crippen LogP contribution in [-0.2, 0) is 23.7 Å². The lowest BCUT2D eigenvalue weighted by Gasteiger charge is -2.54. The molecule has 3 rings (SSSR count). The van der Waals surface area contributed by atoms with Gasteiger partial charge in [-0.1, -0.05) is 20.8 Å². The number of esters is 1. The second-order valence-electron chi connectivity index (χ2n) is 9.41. The van der Waals surface area contributed by atoms with Crippen LogP contribution >= 0.6 is 0 Å². The molecule has 3 aliphatic heterocycles. The predicted molar refractivity (Wildman–Crippen MR) is 105 cm³/mol. The number of carbonyl (C=O) groups is 1. The van der Waals surface area contributed by atoms with Crippen molar-refractivity contribution in [3.8, 4) is 0 Å². The number of aliphatic hydroxyl groups is 1. The van der Waals surface area contributed by atoms with Gasteiger partial charge in [-0.3, -0.25) is 4.79 Å². The maximum Gasteiger partial charge on any atom is 0.311 e. The molecule has 6 nitrogen and oxygen atoms in total. The summed E-state index contributed by atoms with van der Waals surface area (Å²) in [4.78, 5) is 12.8. The Bertz CT molecular complexity index is 661. The highest BCUT2D eigenvalue weighted by atomic mass is 16.7. The smallest absolute Gasteiger partial charge is 0.311 e. The van der Waals surface area contributed by atoms with E-state index in [-0.39, 0.29) is 11.8 Å². The molecule has 6 heteroatoms. The molecule has 0 aromatic heterocycles. The molecule has 0 radical (unpaired) electrons. The first kappa shape index (κ1) is 21.8. The molecule has 160 valence electrons.